The summed E-state index contributed by atoms with van der Waals surface area (Å²) in [4.78, 5) is 37.8. The van der Waals surface area contributed by atoms with Crippen molar-refractivity contribution in [2.45, 2.75) is 5.92 Å². The molecular weight excluding hydrogens is 496 g/mol. The van der Waals surface area contributed by atoms with Gasteiger partial charge in [-0.25, -0.2) is 4.79 Å². The number of hydrogen-bond acceptors (Lipinski definition) is 6. The van der Waals surface area contributed by atoms with Crippen molar-refractivity contribution in [1.29, 1.82) is 0 Å². The molecule has 0 amide bonds. The molecule has 1 aliphatic heterocycles. The van der Waals surface area contributed by atoms with Gasteiger partial charge in [-0.15, -0.1) is 0 Å². The second-order valence-electron chi connectivity index (χ2n) is 6.28. The first-order valence-corrected chi connectivity index (χ1v) is 9.72. The van der Waals surface area contributed by atoms with Gasteiger partial charge in [0.05, 0.1) is 10.9 Å². The molecule has 0 bridgehead atoms. The summed E-state index contributed by atoms with van der Waals surface area (Å²) in [5.41, 5.74) is 0.246. The molecule has 0 saturated heterocycles. The highest BCUT2D eigenvalue weighted by molar-refractivity contribution is 9.10. The zero-order chi connectivity index (χ0) is 19.6. The number of ketones is 1. The van der Waals surface area contributed by atoms with Crippen LogP contribution in [0.2, 0.25) is 0 Å². The van der Waals surface area contributed by atoms with Crippen molar-refractivity contribution in [3.8, 4) is 5.75 Å². The van der Waals surface area contributed by atoms with Crippen LogP contribution < -0.4 is 10.4 Å². The Balaban J connectivity index is 1.73. The minimum absolute atomic E-state index is 0.0374. The van der Waals surface area contributed by atoms with Crippen LogP contribution in [0.15, 0.2) is 65.0 Å². The van der Waals surface area contributed by atoms with Crippen molar-refractivity contribution in [3.05, 3.63) is 73.2 Å². The Bertz CT molecular complexity index is 1380. The third-order valence-electron chi connectivity index (χ3n) is 4.56. The van der Waals surface area contributed by atoms with E-state index in [9.17, 15) is 14.4 Å². The van der Waals surface area contributed by atoms with E-state index in [-0.39, 0.29) is 28.0 Å². The lowest BCUT2D eigenvalue weighted by atomic mass is 9.92. The standard InChI is InChI=1S/C20H8Br2O6/c21-8-1-3-13-10(5-8)17(23)16(20(25)28-13)15-7-12-18(26-15)11-6-9(22)2-4-14(11)27-19(12)24/h1-7,16H. The first-order chi connectivity index (χ1) is 13.4. The van der Waals surface area contributed by atoms with Crippen molar-refractivity contribution in [2.24, 2.45) is 0 Å². The summed E-state index contributed by atoms with van der Waals surface area (Å²) in [6, 6.07) is 11.3. The van der Waals surface area contributed by atoms with Gasteiger partial charge in [0, 0.05) is 8.95 Å². The number of benzene rings is 2. The molecule has 138 valence electrons. The van der Waals surface area contributed by atoms with Crippen LogP contribution in [-0.4, -0.2) is 11.8 Å². The predicted octanol–water partition coefficient (Wildman–Crippen LogP) is 4.95. The van der Waals surface area contributed by atoms with E-state index in [1.807, 2.05) is 0 Å². The highest BCUT2D eigenvalue weighted by atomic mass is 79.9. The van der Waals surface area contributed by atoms with E-state index in [0.717, 1.165) is 4.47 Å². The number of fused-ring (bicyclic) bond motifs is 4. The molecule has 1 unspecified atom stereocenters. The van der Waals surface area contributed by atoms with Crippen molar-refractivity contribution in [1.82, 2.24) is 0 Å². The van der Waals surface area contributed by atoms with Crippen molar-refractivity contribution < 1.29 is 23.2 Å². The minimum Gasteiger partial charge on any atom is -0.459 e. The van der Waals surface area contributed by atoms with Gasteiger partial charge in [0.25, 0.3) is 0 Å². The maximum absolute atomic E-state index is 13.0. The van der Waals surface area contributed by atoms with E-state index < -0.39 is 23.3 Å². The summed E-state index contributed by atoms with van der Waals surface area (Å²) < 4.78 is 17.9. The quantitative estimate of drug-likeness (QED) is 0.158. The average Bonchev–Trinajstić information content (AvgIpc) is 3.09. The zero-order valence-corrected chi connectivity index (χ0v) is 17.0. The predicted molar refractivity (Wildman–Crippen MR) is 107 cm³/mol. The maximum atomic E-state index is 13.0. The number of hydrogen-bond donors (Lipinski definition) is 0. The van der Waals surface area contributed by atoms with Gasteiger partial charge < -0.3 is 13.6 Å². The topological polar surface area (TPSA) is 86.7 Å². The van der Waals surface area contributed by atoms with Gasteiger partial charge >= 0.3 is 11.6 Å². The van der Waals surface area contributed by atoms with Crippen LogP contribution in [-0.2, 0) is 4.79 Å². The molecule has 2 aromatic heterocycles. The molecule has 0 N–H and O–H groups in total. The number of rotatable bonds is 1. The Morgan fingerprint density at radius 2 is 1.57 bits per heavy atom. The van der Waals surface area contributed by atoms with Gasteiger partial charge in [-0.3, -0.25) is 9.59 Å². The van der Waals surface area contributed by atoms with Crippen LogP contribution in [0.5, 0.6) is 5.75 Å². The van der Waals surface area contributed by atoms with E-state index in [1.54, 1.807) is 36.4 Å². The average molecular weight is 504 g/mol. The molecule has 28 heavy (non-hydrogen) atoms. The molecule has 1 aliphatic rings. The van der Waals surface area contributed by atoms with E-state index >= 15 is 0 Å². The number of Topliss-reactive ketones (excluding diaryl/α,β-unsaturated/α-hetero) is 1. The summed E-state index contributed by atoms with van der Waals surface area (Å²) in [6.07, 6.45) is 0. The van der Waals surface area contributed by atoms with Crippen LogP contribution in [0.3, 0.4) is 0 Å². The first kappa shape index (κ1) is 17.4. The monoisotopic (exact) mass is 502 g/mol. The van der Waals surface area contributed by atoms with Gasteiger partial charge in [0.15, 0.2) is 17.3 Å². The number of esters is 1. The lowest BCUT2D eigenvalue weighted by molar-refractivity contribution is -0.135. The summed E-state index contributed by atoms with van der Waals surface area (Å²) >= 11 is 6.68. The fourth-order valence-electron chi connectivity index (χ4n) is 3.29. The third kappa shape index (κ3) is 2.56. The largest absolute Gasteiger partial charge is 0.459 e. The van der Waals surface area contributed by atoms with Crippen LogP contribution in [0.25, 0.3) is 21.9 Å². The number of furan rings is 1. The Labute approximate surface area is 173 Å². The van der Waals surface area contributed by atoms with Gasteiger partial charge in [-0.2, -0.15) is 0 Å². The van der Waals surface area contributed by atoms with Gasteiger partial charge in [0.2, 0.25) is 0 Å². The minimum atomic E-state index is -1.30. The molecular formula is C20H8Br2O6. The molecule has 0 saturated carbocycles. The van der Waals surface area contributed by atoms with E-state index in [1.165, 1.54) is 6.07 Å². The van der Waals surface area contributed by atoms with Crippen LogP contribution in [0.1, 0.15) is 22.0 Å². The lowest BCUT2D eigenvalue weighted by Gasteiger charge is -2.20. The molecule has 1 atom stereocenters. The summed E-state index contributed by atoms with van der Waals surface area (Å²) in [5.74, 6) is -2.28. The highest BCUT2D eigenvalue weighted by Gasteiger charge is 2.40. The number of halogens is 2. The molecule has 5 rings (SSSR count). The number of carbonyl (C=O) groups is 2. The molecule has 6 nitrogen and oxygen atoms in total. The molecule has 8 heteroatoms. The summed E-state index contributed by atoms with van der Waals surface area (Å²) in [5, 5.41) is 0.705. The summed E-state index contributed by atoms with van der Waals surface area (Å²) in [7, 11) is 0. The molecule has 3 heterocycles. The SMILES string of the molecule is O=C1Oc2ccc(Br)cc2C(=O)C1c1cc2c(=O)oc3ccc(Br)cc3c2o1. The lowest BCUT2D eigenvalue weighted by Crippen LogP contribution is -2.31. The molecule has 0 radical (unpaired) electrons. The van der Waals surface area contributed by atoms with E-state index in [4.69, 9.17) is 13.6 Å². The molecule has 0 fully saturated rings. The van der Waals surface area contributed by atoms with Crippen molar-refractivity contribution >= 4 is 65.6 Å². The second-order valence-corrected chi connectivity index (χ2v) is 8.11. The van der Waals surface area contributed by atoms with Gasteiger partial charge in [-0.05, 0) is 42.5 Å². The van der Waals surface area contributed by atoms with Crippen molar-refractivity contribution in [2.75, 3.05) is 0 Å². The Hall–Kier alpha value is -2.71. The third-order valence-corrected chi connectivity index (χ3v) is 5.55. The fourth-order valence-corrected chi connectivity index (χ4v) is 4.01. The Morgan fingerprint density at radius 1 is 0.821 bits per heavy atom. The molecule has 2 aromatic carbocycles. The van der Waals surface area contributed by atoms with E-state index in [0.29, 0.717) is 15.4 Å². The fraction of sp³-hybridized carbons (Fsp3) is 0.0500. The summed E-state index contributed by atoms with van der Waals surface area (Å²) in [6.45, 7) is 0. The van der Waals surface area contributed by atoms with Crippen LogP contribution >= 0.6 is 31.9 Å². The van der Waals surface area contributed by atoms with Gasteiger partial charge in [-0.1, -0.05) is 31.9 Å². The molecule has 0 spiro atoms. The number of ether oxygens (including phenoxy) is 1. The Morgan fingerprint density at radius 3 is 2.39 bits per heavy atom. The maximum Gasteiger partial charge on any atom is 0.347 e. The first-order valence-electron chi connectivity index (χ1n) is 8.13. The van der Waals surface area contributed by atoms with Gasteiger partial charge in [0.1, 0.15) is 22.5 Å². The molecule has 4 aromatic rings. The van der Waals surface area contributed by atoms with Crippen LogP contribution in [0, 0.1) is 0 Å². The zero-order valence-electron chi connectivity index (χ0n) is 13.8. The normalized spacial score (nSPS) is 16.4. The highest BCUT2D eigenvalue weighted by Crippen LogP contribution is 2.37. The van der Waals surface area contributed by atoms with Crippen molar-refractivity contribution in [3.63, 3.8) is 0 Å². The smallest absolute Gasteiger partial charge is 0.347 e. The van der Waals surface area contributed by atoms with Crippen LogP contribution in [0.4, 0.5) is 0 Å². The number of carbonyl (C=O) groups excluding carboxylic acids is 2. The van der Waals surface area contributed by atoms with E-state index in [2.05, 4.69) is 31.9 Å². The second kappa shape index (κ2) is 6.15. The molecule has 0 aliphatic carbocycles. The Kier molecular flexibility index (Phi) is 3.82.